The van der Waals surface area contributed by atoms with Gasteiger partial charge < -0.3 is 0 Å². The Morgan fingerprint density at radius 1 is 0.462 bits per heavy atom. The van der Waals surface area contributed by atoms with Gasteiger partial charge in [-0.3, -0.25) is 4.79 Å². The second kappa shape index (κ2) is 5.40. The molecule has 0 atom stereocenters. The van der Waals surface area contributed by atoms with E-state index < -0.39 is 0 Å². The standard InChI is InChI=1S/C25H18O/c1-15-7-3-4-8-17(15)19-13-14-22-24-20(12-11-16(2)23(19)24)18-9-5-6-10-21(18)25(22)26/h3-14H,1-2H3. The Kier molecular flexibility index (Phi) is 3.14. The van der Waals surface area contributed by atoms with Crippen LogP contribution in [-0.4, -0.2) is 5.78 Å². The maximum atomic E-state index is 13.1. The number of hydrogen-bond donors (Lipinski definition) is 0. The van der Waals surface area contributed by atoms with Crippen molar-refractivity contribution < 1.29 is 4.79 Å². The molecule has 4 aromatic carbocycles. The van der Waals surface area contributed by atoms with Gasteiger partial charge in [0.05, 0.1) is 0 Å². The lowest BCUT2D eigenvalue weighted by molar-refractivity contribution is 0.104. The highest BCUT2D eigenvalue weighted by atomic mass is 16.1. The summed E-state index contributed by atoms with van der Waals surface area (Å²) in [6, 6.07) is 24.8. The van der Waals surface area contributed by atoms with Crippen LogP contribution >= 0.6 is 0 Å². The minimum absolute atomic E-state index is 0.125. The van der Waals surface area contributed by atoms with E-state index in [1.165, 1.54) is 27.6 Å². The first-order valence-electron chi connectivity index (χ1n) is 8.93. The summed E-state index contributed by atoms with van der Waals surface area (Å²) in [7, 11) is 0. The van der Waals surface area contributed by atoms with Gasteiger partial charge in [-0.1, -0.05) is 66.7 Å². The molecular weight excluding hydrogens is 316 g/mol. The topological polar surface area (TPSA) is 17.1 Å². The third kappa shape index (κ3) is 1.94. The van der Waals surface area contributed by atoms with E-state index in [0.717, 1.165) is 27.6 Å². The molecule has 0 fully saturated rings. The van der Waals surface area contributed by atoms with E-state index in [1.54, 1.807) is 0 Å². The van der Waals surface area contributed by atoms with Crippen molar-refractivity contribution in [3.63, 3.8) is 0 Å². The quantitative estimate of drug-likeness (QED) is 0.350. The molecule has 0 radical (unpaired) electrons. The van der Waals surface area contributed by atoms with Crippen LogP contribution in [0.25, 0.3) is 33.0 Å². The van der Waals surface area contributed by atoms with Crippen molar-refractivity contribution in [3.8, 4) is 22.3 Å². The van der Waals surface area contributed by atoms with Crippen LogP contribution in [0.2, 0.25) is 0 Å². The zero-order valence-electron chi connectivity index (χ0n) is 14.8. The Labute approximate surface area is 152 Å². The monoisotopic (exact) mass is 334 g/mol. The van der Waals surface area contributed by atoms with E-state index in [4.69, 9.17) is 0 Å². The SMILES string of the molecule is Cc1ccccc1-c1ccc2c3c(ccc(C)c13)-c1ccccc1C2=O. The molecule has 0 N–H and O–H groups in total. The van der Waals surface area contributed by atoms with Crippen LogP contribution < -0.4 is 0 Å². The largest absolute Gasteiger partial charge is 0.289 e. The zero-order valence-corrected chi connectivity index (χ0v) is 14.8. The number of rotatable bonds is 1. The molecule has 0 spiro atoms. The van der Waals surface area contributed by atoms with Gasteiger partial charge in [-0.05, 0) is 58.7 Å². The highest BCUT2D eigenvalue weighted by Gasteiger charge is 2.26. The summed E-state index contributed by atoms with van der Waals surface area (Å²) in [4.78, 5) is 13.1. The lowest BCUT2D eigenvalue weighted by Crippen LogP contribution is -2.10. The van der Waals surface area contributed by atoms with Gasteiger partial charge in [0.1, 0.15) is 0 Å². The Hall–Kier alpha value is -3.19. The van der Waals surface area contributed by atoms with Gasteiger partial charge in [0.2, 0.25) is 0 Å². The first-order valence-corrected chi connectivity index (χ1v) is 8.93. The highest BCUT2D eigenvalue weighted by Crippen LogP contribution is 2.44. The first-order chi connectivity index (χ1) is 12.7. The molecule has 0 bridgehead atoms. The third-order valence-electron chi connectivity index (χ3n) is 5.51. The van der Waals surface area contributed by atoms with Gasteiger partial charge >= 0.3 is 0 Å². The molecule has 1 aliphatic rings. The minimum Gasteiger partial charge on any atom is -0.289 e. The summed E-state index contributed by atoms with van der Waals surface area (Å²) in [5.41, 5.74) is 8.69. The van der Waals surface area contributed by atoms with E-state index in [2.05, 4.69) is 62.4 Å². The number of hydrogen-bond acceptors (Lipinski definition) is 1. The molecule has 4 aromatic rings. The third-order valence-corrected chi connectivity index (χ3v) is 5.51. The zero-order chi connectivity index (χ0) is 17.8. The fourth-order valence-electron chi connectivity index (χ4n) is 4.24. The number of fused-ring (bicyclic) bond motifs is 2. The fraction of sp³-hybridized carbons (Fsp3) is 0.0800. The summed E-state index contributed by atoms with van der Waals surface area (Å²) >= 11 is 0. The van der Waals surface area contributed by atoms with Crippen molar-refractivity contribution in [1.82, 2.24) is 0 Å². The lowest BCUT2D eigenvalue weighted by atomic mass is 9.79. The molecule has 5 rings (SSSR count). The lowest BCUT2D eigenvalue weighted by Gasteiger charge is -2.23. The van der Waals surface area contributed by atoms with Gasteiger partial charge in [0.25, 0.3) is 0 Å². The molecular formula is C25H18O. The first kappa shape index (κ1) is 15.1. The maximum Gasteiger partial charge on any atom is 0.194 e. The van der Waals surface area contributed by atoms with E-state index in [9.17, 15) is 4.79 Å². The van der Waals surface area contributed by atoms with Crippen LogP contribution in [0.15, 0.2) is 72.8 Å². The van der Waals surface area contributed by atoms with Crippen LogP contribution in [0.4, 0.5) is 0 Å². The minimum atomic E-state index is 0.125. The Morgan fingerprint density at radius 3 is 1.81 bits per heavy atom. The predicted octanol–water partition coefficient (Wildman–Crippen LogP) is 6.34. The number of carbonyl (C=O) groups is 1. The predicted molar refractivity (Wildman–Crippen MR) is 108 cm³/mol. The molecule has 26 heavy (non-hydrogen) atoms. The molecule has 1 heteroatoms. The van der Waals surface area contributed by atoms with E-state index in [1.807, 2.05) is 24.3 Å². The average molecular weight is 334 g/mol. The Morgan fingerprint density at radius 2 is 1.04 bits per heavy atom. The average Bonchev–Trinajstić information content (AvgIpc) is 2.67. The smallest absolute Gasteiger partial charge is 0.194 e. The van der Waals surface area contributed by atoms with Crippen LogP contribution in [-0.2, 0) is 0 Å². The molecule has 0 unspecified atom stereocenters. The van der Waals surface area contributed by atoms with Crippen molar-refractivity contribution >= 4 is 16.6 Å². The van der Waals surface area contributed by atoms with Gasteiger partial charge in [-0.25, -0.2) is 0 Å². The van der Waals surface area contributed by atoms with E-state index in [0.29, 0.717) is 0 Å². The Balaban J connectivity index is 1.97. The van der Waals surface area contributed by atoms with Gasteiger partial charge in [-0.15, -0.1) is 0 Å². The molecule has 124 valence electrons. The second-order valence-corrected chi connectivity index (χ2v) is 7.03. The van der Waals surface area contributed by atoms with Crippen LogP contribution in [0.1, 0.15) is 27.0 Å². The molecule has 1 aliphatic carbocycles. The van der Waals surface area contributed by atoms with Gasteiger partial charge in [0.15, 0.2) is 5.78 Å². The molecule has 0 aliphatic heterocycles. The van der Waals surface area contributed by atoms with Crippen molar-refractivity contribution in [2.45, 2.75) is 13.8 Å². The van der Waals surface area contributed by atoms with Crippen molar-refractivity contribution in [1.29, 1.82) is 0 Å². The molecule has 0 saturated carbocycles. The summed E-state index contributed by atoms with van der Waals surface area (Å²) in [5, 5.41) is 2.28. The van der Waals surface area contributed by atoms with Crippen molar-refractivity contribution in [3.05, 3.63) is 95.1 Å². The Bertz CT molecular complexity index is 1210. The summed E-state index contributed by atoms with van der Waals surface area (Å²) in [5.74, 6) is 0.125. The molecule has 0 saturated heterocycles. The maximum absolute atomic E-state index is 13.1. The molecule has 0 aromatic heterocycles. The normalized spacial score (nSPS) is 12.3. The van der Waals surface area contributed by atoms with Crippen molar-refractivity contribution in [2.24, 2.45) is 0 Å². The number of carbonyl (C=O) groups excluding carboxylic acids is 1. The summed E-state index contributed by atoms with van der Waals surface area (Å²) in [6.45, 7) is 4.27. The fourth-order valence-corrected chi connectivity index (χ4v) is 4.24. The second-order valence-electron chi connectivity index (χ2n) is 7.03. The molecule has 0 heterocycles. The van der Waals surface area contributed by atoms with Crippen LogP contribution in [0.3, 0.4) is 0 Å². The van der Waals surface area contributed by atoms with Crippen LogP contribution in [0, 0.1) is 13.8 Å². The van der Waals surface area contributed by atoms with Crippen molar-refractivity contribution in [2.75, 3.05) is 0 Å². The van der Waals surface area contributed by atoms with Crippen LogP contribution in [0.5, 0.6) is 0 Å². The molecule has 0 amide bonds. The van der Waals surface area contributed by atoms with E-state index >= 15 is 0 Å². The summed E-state index contributed by atoms with van der Waals surface area (Å²) < 4.78 is 0. The number of ketones is 1. The highest BCUT2D eigenvalue weighted by molar-refractivity contribution is 6.27. The van der Waals surface area contributed by atoms with E-state index in [-0.39, 0.29) is 5.78 Å². The number of benzene rings is 4. The number of aryl methyl sites for hydroxylation is 2. The van der Waals surface area contributed by atoms with Gasteiger partial charge in [-0.2, -0.15) is 0 Å². The molecule has 1 nitrogen and oxygen atoms in total. The van der Waals surface area contributed by atoms with Gasteiger partial charge in [0, 0.05) is 16.5 Å². The summed E-state index contributed by atoms with van der Waals surface area (Å²) in [6.07, 6.45) is 0.